The number of rotatable bonds is 23. The number of halogens is 18. The van der Waals surface area contributed by atoms with Gasteiger partial charge in [0.2, 0.25) is 0 Å². The monoisotopic (exact) mass is 1770 g/mol. The zero-order valence-corrected chi connectivity index (χ0v) is 68.4. The van der Waals surface area contributed by atoms with Crippen LogP contribution in [0.5, 0.6) is 0 Å². The van der Waals surface area contributed by atoms with E-state index < -0.39 is 78.0 Å². The second-order valence-electron chi connectivity index (χ2n) is 25.7. The van der Waals surface area contributed by atoms with Gasteiger partial charge < -0.3 is 30.5 Å². The van der Waals surface area contributed by atoms with Crippen LogP contribution >= 0.6 is 56.7 Å². The third kappa shape index (κ3) is 26.4. The van der Waals surface area contributed by atoms with E-state index in [9.17, 15) is 103 Å². The third-order valence-electron chi connectivity index (χ3n) is 16.2. The highest BCUT2D eigenvalue weighted by atomic mass is 32.1. The molecule has 44 heteroatoms. The van der Waals surface area contributed by atoms with Gasteiger partial charge in [-0.15, -0.1) is 56.7 Å². The van der Waals surface area contributed by atoms with Crippen LogP contribution in [0.2, 0.25) is 0 Å². The summed E-state index contributed by atoms with van der Waals surface area (Å²) in [6.45, 7) is 11.7. The molecule has 0 aliphatic heterocycles. The third-order valence-corrected chi connectivity index (χ3v) is 21.7. The number of para-hydroxylation sites is 1. The minimum Gasteiger partial charge on any atom is -0.383 e. The number of benzene rings is 1. The maximum atomic E-state index is 13.0. The summed E-state index contributed by atoms with van der Waals surface area (Å²) < 4.78 is 237. The van der Waals surface area contributed by atoms with E-state index in [0.29, 0.717) is 88.9 Å². The van der Waals surface area contributed by atoms with E-state index in [1.54, 1.807) is 63.6 Å². The number of nitrogens with one attached hydrogen (secondary N) is 3. The molecule has 0 bridgehead atoms. The van der Waals surface area contributed by atoms with Crippen LogP contribution in [0.4, 0.5) is 84.7 Å². The lowest BCUT2D eigenvalue weighted by molar-refractivity contribution is -0.144. The van der Waals surface area contributed by atoms with E-state index in [-0.39, 0.29) is 61.9 Å². The normalized spacial score (nSPS) is 11.9. The van der Waals surface area contributed by atoms with Crippen molar-refractivity contribution in [3.8, 4) is 52.9 Å². The first-order valence-corrected chi connectivity index (χ1v) is 39.3. The first-order chi connectivity index (χ1) is 55.1. The highest BCUT2D eigenvalue weighted by Gasteiger charge is 2.40. The van der Waals surface area contributed by atoms with Crippen molar-refractivity contribution < 1.29 is 108 Å². The molecule has 0 fully saturated rings. The molecule has 11 rings (SSSR count). The number of hydrogen-bond donors (Lipinski definition) is 3. The van der Waals surface area contributed by atoms with E-state index in [2.05, 4.69) is 50.0 Å². The number of carbonyl (C=O) groups excluding carboxylic acids is 5. The molecule has 0 atom stereocenters. The predicted octanol–water partition coefficient (Wildman–Crippen LogP) is 19.2. The van der Waals surface area contributed by atoms with Gasteiger partial charge in [-0.3, -0.25) is 47.4 Å². The summed E-state index contributed by atoms with van der Waals surface area (Å²) in [4.78, 5) is 68.2. The highest BCUT2D eigenvalue weighted by molar-refractivity contribution is 7.18. The Balaban J connectivity index is 0.000000204. The Bertz CT molecular complexity index is 5140. The van der Waals surface area contributed by atoms with Crippen molar-refractivity contribution in [3.63, 3.8) is 0 Å². The van der Waals surface area contributed by atoms with Crippen LogP contribution in [0.25, 0.3) is 52.9 Å². The van der Waals surface area contributed by atoms with Gasteiger partial charge in [-0.05, 0) is 135 Å². The summed E-state index contributed by atoms with van der Waals surface area (Å²) in [7, 11) is 7.64. The molecule has 1 aromatic carbocycles. The quantitative estimate of drug-likeness (QED) is 0.0403. The van der Waals surface area contributed by atoms with Crippen molar-refractivity contribution in [2.24, 2.45) is 41.2 Å². The van der Waals surface area contributed by atoms with E-state index in [1.165, 1.54) is 47.4 Å². The van der Waals surface area contributed by atoms with Crippen LogP contribution in [0.3, 0.4) is 0 Å². The predicted molar refractivity (Wildman–Crippen MR) is 412 cm³/mol. The second-order valence-corrected chi connectivity index (χ2v) is 31.1. The molecule has 11 aromatic rings. The van der Waals surface area contributed by atoms with Crippen molar-refractivity contribution in [1.29, 1.82) is 0 Å². The van der Waals surface area contributed by atoms with Crippen molar-refractivity contribution in [3.05, 3.63) is 174 Å². The lowest BCUT2D eigenvalue weighted by atomic mass is 10.1. The minimum absolute atomic E-state index is 0.0142. The fourth-order valence-electron chi connectivity index (χ4n) is 10.6. The van der Waals surface area contributed by atoms with Gasteiger partial charge in [0.1, 0.15) is 63.5 Å². The van der Waals surface area contributed by atoms with Crippen LogP contribution in [0.15, 0.2) is 121 Å². The van der Waals surface area contributed by atoms with Crippen LogP contribution in [0, 0.1) is 5.92 Å². The van der Waals surface area contributed by atoms with Crippen LogP contribution in [-0.2, 0) is 70.9 Å². The summed E-state index contributed by atoms with van der Waals surface area (Å²) in [5, 5.41) is 26.4. The number of alkyl halides is 18. The van der Waals surface area contributed by atoms with Crippen LogP contribution in [0.1, 0.15) is 131 Å². The molecule has 0 saturated carbocycles. The Labute approximate surface area is 682 Å². The standard InChI is InChI=1S/C19H18F3N3OS.2C15H18F3N3OS.C13H14F3N3O2S.C12H9F6N3OS/c1-3-11-25(13-7-5-4-6-8-13)18(26)16-10-9-15(27-16)14-12-17(19(20,21)22)24(2)23-14;1-9(2)6-7-19-14(22)12-5-4-11(23-12)10-8-13(15(16,17)18)21(3)20-10;1-4-8-21(5-2)14(22)12-7-6-11(23-12)10-9-13(15(16,17)18)20(3)19-10;1-19-11(13(14,15)16)7-8(18-19)9-3-4-10(22-9)12(20)17-5-6-21-2;1-21-9(12(16,17)18)4-6(20-21)7-2-3-8(23-7)10(22)19-5-11(13,14)15/h4-10,12H,3,11H2,1-2H3;4-5,8-9H,6-7H2,1-3H3,(H,19,22);6-7,9H,4-5,8H2,1-3H3;3-4,7H,5-6H2,1-2H3,(H,17,20);2-4H,5H2,1H3,(H,19,22). The lowest BCUT2D eigenvalue weighted by Crippen LogP contribution is -2.33. The minimum atomic E-state index is -4.58. The molecule has 640 valence electrons. The molecule has 0 saturated heterocycles. The molecule has 10 aromatic heterocycles. The lowest BCUT2D eigenvalue weighted by Gasteiger charge is -2.21. The molecule has 5 amide bonds. The Morgan fingerprint density at radius 2 is 0.703 bits per heavy atom. The second kappa shape index (κ2) is 40.5. The molecule has 10 heterocycles. The number of hydrogen-bond acceptors (Lipinski definition) is 16. The number of ether oxygens (including phenoxy) is 1. The average Bonchev–Trinajstić information content (AvgIpc) is 1.72. The maximum absolute atomic E-state index is 13.0. The number of methoxy groups -OCH3 is 1. The summed E-state index contributed by atoms with van der Waals surface area (Å²) in [5.74, 6) is -1.24. The van der Waals surface area contributed by atoms with Gasteiger partial charge in [0.15, 0.2) is 0 Å². The smallest absolute Gasteiger partial charge is 0.383 e. The number of carbonyl (C=O) groups is 5. The molecular weight excluding hydrogens is 1700 g/mol. The van der Waals surface area contributed by atoms with E-state index >= 15 is 0 Å². The van der Waals surface area contributed by atoms with Crippen LogP contribution in [-0.4, -0.2) is 142 Å². The largest absolute Gasteiger partial charge is 0.433 e. The summed E-state index contributed by atoms with van der Waals surface area (Å²) in [5.41, 5.74) is -2.64. The fraction of sp³-hybridized carbons (Fsp3) is 0.378. The maximum Gasteiger partial charge on any atom is 0.433 e. The van der Waals surface area contributed by atoms with E-state index in [0.717, 1.165) is 138 Å². The fourth-order valence-corrected chi connectivity index (χ4v) is 15.0. The Hall–Kier alpha value is -10.2. The number of amides is 5. The molecular formula is C74H77F18N15O6S5. The number of aromatic nitrogens is 10. The Morgan fingerprint density at radius 3 is 0.983 bits per heavy atom. The van der Waals surface area contributed by atoms with Gasteiger partial charge in [-0.2, -0.15) is 105 Å². The number of aryl methyl sites for hydroxylation is 5. The zero-order valence-electron chi connectivity index (χ0n) is 64.4. The van der Waals surface area contributed by atoms with Gasteiger partial charge in [-0.25, -0.2) is 0 Å². The van der Waals surface area contributed by atoms with E-state index in [1.807, 2.05) is 51.1 Å². The molecule has 0 spiro atoms. The zero-order chi connectivity index (χ0) is 87.7. The molecule has 118 heavy (non-hydrogen) atoms. The molecule has 21 nitrogen and oxygen atoms in total. The summed E-state index contributed by atoms with van der Waals surface area (Å²) in [6.07, 6.45) is -24.4. The molecule has 0 aliphatic rings. The van der Waals surface area contributed by atoms with E-state index in [4.69, 9.17) is 4.74 Å². The molecule has 0 aliphatic carbocycles. The van der Waals surface area contributed by atoms with Gasteiger partial charge in [-0.1, -0.05) is 45.9 Å². The summed E-state index contributed by atoms with van der Waals surface area (Å²) in [6, 6.07) is 29.6. The molecule has 0 radical (unpaired) electrons. The first kappa shape index (κ1) is 95.0. The SMILES string of the molecule is CC(C)CCNC(=O)c1ccc(-c2cc(C(F)(F)F)n(C)n2)s1.CCCN(C(=O)c1ccc(-c2cc(C(F)(F)F)n(C)n2)s1)c1ccccc1.CCCN(CC)C(=O)c1ccc(-c2cc(C(F)(F)F)n(C)n2)s1.COCCNC(=O)c1ccc(-c2cc(C(F)(F)F)n(C)n2)s1.Cn1nc(-c2ccc(C(=O)NCC(F)(F)F)s2)cc1C(F)(F)F. The average molecular weight is 1770 g/mol. The topological polar surface area (TPSA) is 226 Å². The van der Waals surface area contributed by atoms with Gasteiger partial charge in [0.25, 0.3) is 29.5 Å². The molecule has 0 unspecified atom stereocenters. The summed E-state index contributed by atoms with van der Waals surface area (Å²) >= 11 is 5.28. The van der Waals surface area contributed by atoms with Crippen LogP contribution < -0.4 is 20.9 Å². The van der Waals surface area contributed by atoms with Gasteiger partial charge in [0, 0.05) is 80.8 Å². The Kier molecular flexibility index (Phi) is 32.6. The first-order valence-electron chi connectivity index (χ1n) is 35.2. The van der Waals surface area contributed by atoms with Gasteiger partial charge >= 0.3 is 37.1 Å². The highest BCUT2D eigenvalue weighted by Crippen LogP contribution is 2.41. The van der Waals surface area contributed by atoms with Gasteiger partial charge in [0.05, 0.1) is 55.4 Å². The number of nitrogens with zero attached hydrogens (tertiary/aromatic N) is 12. The van der Waals surface area contributed by atoms with Crippen molar-refractivity contribution in [1.82, 2.24) is 69.8 Å². The van der Waals surface area contributed by atoms with Crippen molar-refractivity contribution in [2.45, 2.75) is 90.9 Å². The molecule has 3 N–H and O–H groups in total. The Morgan fingerprint density at radius 1 is 0.407 bits per heavy atom. The van der Waals surface area contributed by atoms with Crippen molar-refractivity contribution >= 4 is 91.9 Å². The number of anilines is 1. The number of thiophene rings is 5. The van der Waals surface area contributed by atoms with Crippen molar-refractivity contribution in [2.75, 3.05) is 57.9 Å².